The molecule has 6 nitrogen and oxygen atoms in total. The normalized spacial score (nSPS) is 10.5. The Labute approximate surface area is 144 Å². The minimum atomic E-state index is -0.422. The average Bonchev–Trinajstić information content (AvgIpc) is 3.05. The summed E-state index contributed by atoms with van der Waals surface area (Å²) in [5, 5.41) is 4.33. The van der Waals surface area contributed by atoms with E-state index in [0.29, 0.717) is 26.6 Å². The highest BCUT2D eigenvalue weighted by atomic mass is 79.9. The van der Waals surface area contributed by atoms with E-state index in [4.69, 9.17) is 20.9 Å². The fraction of sp³-hybridized carbons (Fsp3) is 0.0667. The van der Waals surface area contributed by atoms with Crippen molar-refractivity contribution in [1.29, 1.82) is 0 Å². The largest absolute Gasteiger partial charge is 0.484 e. The predicted octanol–water partition coefficient (Wildman–Crippen LogP) is 3.81. The second-order valence-electron chi connectivity index (χ2n) is 4.45. The minimum absolute atomic E-state index is 0.117. The summed E-state index contributed by atoms with van der Waals surface area (Å²) >= 11 is 9.15. The first kappa shape index (κ1) is 15.6. The molecule has 0 unspecified atom stereocenters. The Kier molecular flexibility index (Phi) is 4.68. The van der Waals surface area contributed by atoms with E-state index in [-0.39, 0.29) is 12.5 Å². The van der Waals surface area contributed by atoms with Gasteiger partial charge in [0.05, 0.1) is 4.47 Å². The van der Waals surface area contributed by atoms with Crippen LogP contribution >= 0.6 is 27.5 Å². The number of carbonyl (C=O) groups is 1. The summed E-state index contributed by atoms with van der Waals surface area (Å²) in [5.74, 6) is 0.257. The number of halogens is 2. The maximum atomic E-state index is 12.1. The Morgan fingerprint density at radius 3 is 2.96 bits per heavy atom. The lowest BCUT2D eigenvalue weighted by molar-refractivity contribution is 0.0877. The first-order valence-electron chi connectivity index (χ1n) is 6.48. The predicted molar refractivity (Wildman–Crippen MR) is 86.5 cm³/mol. The number of rotatable bonds is 5. The van der Waals surface area contributed by atoms with Gasteiger partial charge in [-0.3, -0.25) is 9.78 Å². The average molecular weight is 395 g/mol. The molecule has 0 bridgehead atoms. The molecule has 0 aliphatic heterocycles. The van der Waals surface area contributed by atoms with Crippen LogP contribution in [0.2, 0.25) is 5.02 Å². The number of hydrogen-bond donors (Lipinski definition) is 0. The van der Waals surface area contributed by atoms with Gasteiger partial charge in [-0.05, 0) is 46.3 Å². The Bertz CT molecular complexity index is 839. The van der Waals surface area contributed by atoms with Crippen molar-refractivity contribution in [3.8, 4) is 17.1 Å². The molecular weight excluding hydrogens is 386 g/mol. The van der Waals surface area contributed by atoms with Crippen LogP contribution in [0, 0.1) is 0 Å². The maximum Gasteiger partial charge on any atom is 0.298 e. The molecule has 116 valence electrons. The molecule has 0 saturated carbocycles. The van der Waals surface area contributed by atoms with Crippen LogP contribution in [0.1, 0.15) is 10.7 Å². The zero-order valence-corrected chi connectivity index (χ0v) is 13.9. The monoisotopic (exact) mass is 393 g/mol. The number of ketones is 1. The van der Waals surface area contributed by atoms with E-state index >= 15 is 0 Å². The van der Waals surface area contributed by atoms with Crippen molar-refractivity contribution in [1.82, 2.24) is 15.1 Å². The van der Waals surface area contributed by atoms with Crippen LogP contribution < -0.4 is 4.74 Å². The quantitative estimate of drug-likeness (QED) is 0.612. The maximum absolute atomic E-state index is 12.1. The molecule has 0 N–H and O–H groups in total. The van der Waals surface area contributed by atoms with Crippen LogP contribution in [-0.4, -0.2) is 27.5 Å². The smallest absolute Gasteiger partial charge is 0.298 e. The fourth-order valence-electron chi connectivity index (χ4n) is 1.75. The van der Waals surface area contributed by atoms with Gasteiger partial charge in [-0.1, -0.05) is 16.8 Å². The van der Waals surface area contributed by atoms with E-state index < -0.39 is 5.78 Å². The van der Waals surface area contributed by atoms with Crippen LogP contribution in [0.15, 0.2) is 51.7 Å². The van der Waals surface area contributed by atoms with Crippen molar-refractivity contribution >= 4 is 33.3 Å². The fourth-order valence-corrected chi connectivity index (χ4v) is 2.54. The zero-order chi connectivity index (χ0) is 16.2. The van der Waals surface area contributed by atoms with E-state index in [2.05, 4.69) is 31.1 Å². The van der Waals surface area contributed by atoms with E-state index in [1.165, 1.54) is 0 Å². The van der Waals surface area contributed by atoms with Crippen molar-refractivity contribution in [2.75, 3.05) is 6.61 Å². The minimum Gasteiger partial charge on any atom is -0.484 e. The van der Waals surface area contributed by atoms with Crippen molar-refractivity contribution in [3.05, 3.63) is 58.1 Å². The standard InChI is InChI=1S/C15H9BrClN3O3/c16-11-6-10(17)3-4-13(11)22-8-12(21)15-19-14(20-23-15)9-2-1-5-18-7-9/h1-7H,8H2. The molecule has 2 aromatic heterocycles. The van der Waals surface area contributed by atoms with Gasteiger partial charge >= 0.3 is 0 Å². The third-order valence-electron chi connectivity index (χ3n) is 2.84. The van der Waals surface area contributed by atoms with E-state index in [1.807, 2.05) is 0 Å². The molecule has 3 rings (SSSR count). The molecule has 23 heavy (non-hydrogen) atoms. The molecule has 0 aliphatic rings. The summed E-state index contributed by atoms with van der Waals surface area (Å²) in [4.78, 5) is 20.1. The second-order valence-corrected chi connectivity index (χ2v) is 5.74. The number of pyridine rings is 1. The molecular formula is C15H9BrClN3O3. The lowest BCUT2D eigenvalue weighted by Gasteiger charge is -2.06. The SMILES string of the molecule is O=C(COc1ccc(Cl)cc1Br)c1nc(-c2cccnc2)no1. The van der Waals surface area contributed by atoms with Crippen LogP contribution in [0.3, 0.4) is 0 Å². The molecule has 0 radical (unpaired) electrons. The summed E-state index contributed by atoms with van der Waals surface area (Å²) in [6.45, 7) is -0.227. The second kappa shape index (κ2) is 6.89. The van der Waals surface area contributed by atoms with E-state index in [0.717, 1.165) is 0 Å². The Morgan fingerprint density at radius 1 is 1.35 bits per heavy atom. The van der Waals surface area contributed by atoms with Crippen molar-refractivity contribution in [2.24, 2.45) is 0 Å². The van der Waals surface area contributed by atoms with Gasteiger partial charge in [0, 0.05) is 23.0 Å². The molecule has 0 aliphatic carbocycles. The summed E-state index contributed by atoms with van der Waals surface area (Å²) < 4.78 is 11.0. The third kappa shape index (κ3) is 3.75. The van der Waals surface area contributed by atoms with Gasteiger partial charge in [-0.25, -0.2) is 0 Å². The number of ether oxygens (including phenoxy) is 1. The summed E-state index contributed by atoms with van der Waals surface area (Å²) in [7, 11) is 0. The molecule has 1 aromatic carbocycles. The number of carbonyl (C=O) groups excluding carboxylic acids is 1. The Hall–Kier alpha value is -2.25. The van der Waals surface area contributed by atoms with Gasteiger partial charge in [0.15, 0.2) is 6.61 Å². The lowest BCUT2D eigenvalue weighted by atomic mass is 10.3. The molecule has 2 heterocycles. The number of Topliss-reactive ketones (excluding diaryl/α,β-unsaturated/α-hetero) is 1. The number of benzene rings is 1. The van der Waals surface area contributed by atoms with Crippen molar-refractivity contribution in [2.45, 2.75) is 0 Å². The molecule has 0 spiro atoms. The van der Waals surface area contributed by atoms with Crippen LogP contribution in [0.25, 0.3) is 11.4 Å². The van der Waals surface area contributed by atoms with Gasteiger partial charge in [0.25, 0.3) is 11.7 Å². The van der Waals surface area contributed by atoms with E-state index in [9.17, 15) is 4.79 Å². The molecule has 8 heteroatoms. The topological polar surface area (TPSA) is 78.1 Å². The van der Waals surface area contributed by atoms with Gasteiger partial charge < -0.3 is 9.26 Å². The van der Waals surface area contributed by atoms with Gasteiger partial charge in [-0.15, -0.1) is 0 Å². The molecule has 3 aromatic rings. The molecule has 0 amide bonds. The summed E-state index contributed by atoms with van der Waals surface area (Å²) in [6, 6.07) is 8.52. The number of nitrogens with zero attached hydrogens (tertiary/aromatic N) is 3. The lowest BCUT2D eigenvalue weighted by Crippen LogP contribution is -2.12. The van der Waals surface area contributed by atoms with Crippen LogP contribution in [-0.2, 0) is 0 Å². The van der Waals surface area contributed by atoms with Gasteiger partial charge in [0.1, 0.15) is 5.75 Å². The van der Waals surface area contributed by atoms with Crippen LogP contribution in [0.4, 0.5) is 0 Å². The molecule has 0 saturated heterocycles. The van der Waals surface area contributed by atoms with Crippen LogP contribution in [0.5, 0.6) is 5.75 Å². The Morgan fingerprint density at radius 2 is 2.22 bits per heavy atom. The number of hydrogen-bond acceptors (Lipinski definition) is 6. The highest BCUT2D eigenvalue weighted by Gasteiger charge is 2.17. The first-order chi connectivity index (χ1) is 11.1. The van der Waals surface area contributed by atoms with Gasteiger partial charge in [0.2, 0.25) is 5.82 Å². The zero-order valence-electron chi connectivity index (χ0n) is 11.6. The van der Waals surface area contributed by atoms with E-state index in [1.54, 1.807) is 42.7 Å². The Balaban J connectivity index is 1.68. The molecule has 0 fully saturated rings. The third-order valence-corrected chi connectivity index (χ3v) is 3.69. The van der Waals surface area contributed by atoms with Gasteiger partial charge in [-0.2, -0.15) is 4.98 Å². The van der Waals surface area contributed by atoms with Crippen molar-refractivity contribution < 1.29 is 14.1 Å². The summed E-state index contributed by atoms with van der Waals surface area (Å²) in [5.41, 5.74) is 0.664. The molecule has 0 atom stereocenters. The van der Waals surface area contributed by atoms with Crippen molar-refractivity contribution in [3.63, 3.8) is 0 Å². The highest BCUT2D eigenvalue weighted by molar-refractivity contribution is 9.10. The first-order valence-corrected chi connectivity index (χ1v) is 7.66. The highest BCUT2D eigenvalue weighted by Crippen LogP contribution is 2.28. The summed E-state index contributed by atoms with van der Waals surface area (Å²) in [6.07, 6.45) is 3.22. The number of aromatic nitrogens is 3.